The molecule has 0 aliphatic carbocycles. The zero-order valence-electron chi connectivity index (χ0n) is 9.89. The first-order valence-corrected chi connectivity index (χ1v) is 5.90. The number of nitrogens with zero attached hydrogens (tertiary/aromatic N) is 1. The number of anilines is 1. The molecule has 2 heterocycles. The van der Waals surface area contributed by atoms with Crippen LogP contribution in [0, 0.1) is 0 Å². The summed E-state index contributed by atoms with van der Waals surface area (Å²) in [4.78, 5) is 12.8. The third-order valence-electron chi connectivity index (χ3n) is 2.89. The van der Waals surface area contributed by atoms with Gasteiger partial charge in [0.05, 0.1) is 6.10 Å². The Labute approximate surface area is 100.0 Å². The van der Waals surface area contributed by atoms with Crippen molar-refractivity contribution in [3.63, 3.8) is 0 Å². The van der Waals surface area contributed by atoms with E-state index >= 15 is 0 Å². The molecule has 17 heavy (non-hydrogen) atoms. The Morgan fingerprint density at radius 2 is 2.47 bits per heavy atom. The summed E-state index contributed by atoms with van der Waals surface area (Å²) >= 11 is 0. The molecule has 1 atom stereocenters. The molecule has 94 valence electrons. The van der Waals surface area contributed by atoms with Crippen LogP contribution in [0.2, 0.25) is 0 Å². The highest BCUT2D eigenvalue weighted by molar-refractivity contribution is 5.84. The number of hydrogen-bond donors (Lipinski definition) is 1. The van der Waals surface area contributed by atoms with Crippen LogP contribution in [0.15, 0.2) is 16.5 Å². The van der Waals surface area contributed by atoms with Crippen molar-refractivity contribution in [3.8, 4) is 0 Å². The smallest absolute Gasteiger partial charge is 0.371 e. The van der Waals surface area contributed by atoms with Gasteiger partial charge in [0.25, 0.3) is 0 Å². The minimum Gasteiger partial charge on any atom is -0.475 e. The molecule has 0 spiro atoms. The highest BCUT2D eigenvalue weighted by atomic mass is 16.5. The summed E-state index contributed by atoms with van der Waals surface area (Å²) in [5.74, 6) is -0.431. The first-order chi connectivity index (χ1) is 8.20. The van der Waals surface area contributed by atoms with Crippen LogP contribution < -0.4 is 4.90 Å². The molecule has 2 rings (SSSR count). The van der Waals surface area contributed by atoms with Crippen molar-refractivity contribution in [3.05, 3.63) is 17.9 Å². The molecule has 1 aromatic heterocycles. The van der Waals surface area contributed by atoms with Gasteiger partial charge in [0.2, 0.25) is 5.76 Å². The summed E-state index contributed by atoms with van der Waals surface area (Å²) in [6.07, 6.45) is 2.30. The zero-order valence-corrected chi connectivity index (χ0v) is 9.89. The Morgan fingerprint density at radius 3 is 3.12 bits per heavy atom. The second-order valence-electron chi connectivity index (χ2n) is 4.11. The van der Waals surface area contributed by atoms with Crippen LogP contribution >= 0.6 is 0 Å². The van der Waals surface area contributed by atoms with Crippen LogP contribution in [0.25, 0.3) is 0 Å². The van der Waals surface area contributed by atoms with Gasteiger partial charge in [0, 0.05) is 25.8 Å². The second kappa shape index (κ2) is 5.23. The molecule has 1 saturated heterocycles. The van der Waals surface area contributed by atoms with Gasteiger partial charge in [0.1, 0.15) is 0 Å². The first-order valence-electron chi connectivity index (χ1n) is 5.90. The summed E-state index contributed by atoms with van der Waals surface area (Å²) in [6.45, 7) is 4.34. The number of aromatic carboxylic acids is 1. The van der Waals surface area contributed by atoms with Gasteiger partial charge in [-0.3, -0.25) is 0 Å². The summed E-state index contributed by atoms with van der Waals surface area (Å²) < 4.78 is 10.9. The number of rotatable bonds is 4. The summed E-state index contributed by atoms with van der Waals surface area (Å²) in [5.41, 5.74) is 0. The van der Waals surface area contributed by atoms with E-state index in [9.17, 15) is 4.79 Å². The maximum atomic E-state index is 10.7. The van der Waals surface area contributed by atoms with Crippen LogP contribution in [0.3, 0.4) is 0 Å². The Hall–Kier alpha value is -1.49. The van der Waals surface area contributed by atoms with Crippen molar-refractivity contribution < 1.29 is 19.1 Å². The highest BCUT2D eigenvalue weighted by Crippen LogP contribution is 2.23. The predicted molar refractivity (Wildman–Crippen MR) is 62.5 cm³/mol. The minimum absolute atomic E-state index is 0.0152. The van der Waals surface area contributed by atoms with E-state index in [0.29, 0.717) is 12.5 Å². The van der Waals surface area contributed by atoms with Gasteiger partial charge in [-0.15, -0.1) is 0 Å². The number of piperidine rings is 1. The quantitative estimate of drug-likeness (QED) is 0.870. The summed E-state index contributed by atoms with van der Waals surface area (Å²) in [5, 5.41) is 8.80. The molecular formula is C12H17NO4. The van der Waals surface area contributed by atoms with E-state index in [2.05, 4.69) is 0 Å². The van der Waals surface area contributed by atoms with Crippen LogP contribution in [0.1, 0.15) is 30.3 Å². The zero-order chi connectivity index (χ0) is 12.3. The van der Waals surface area contributed by atoms with Crippen molar-refractivity contribution in [2.75, 3.05) is 24.6 Å². The Bertz CT molecular complexity index is 386. The topological polar surface area (TPSA) is 62.9 Å². The molecule has 0 bridgehead atoms. The Kier molecular flexibility index (Phi) is 3.68. The fraction of sp³-hybridized carbons (Fsp3) is 0.583. The first kappa shape index (κ1) is 12.0. The van der Waals surface area contributed by atoms with Crippen LogP contribution in [-0.4, -0.2) is 36.9 Å². The molecule has 0 amide bonds. The molecule has 5 nitrogen and oxygen atoms in total. The van der Waals surface area contributed by atoms with E-state index in [1.54, 1.807) is 6.07 Å². The van der Waals surface area contributed by atoms with E-state index in [1.165, 1.54) is 6.07 Å². The molecule has 0 saturated carbocycles. The molecule has 0 radical (unpaired) electrons. The van der Waals surface area contributed by atoms with Gasteiger partial charge in [0.15, 0.2) is 5.88 Å². The molecule has 1 fully saturated rings. The number of furan rings is 1. The molecular weight excluding hydrogens is 222 g/mol. The van der Waals surface area contributed by atoms with Crippen LogP contribution in [0.5, 0.6) is 0 Å². The fourth-order valence-electron chi connectivity index (χ4n) is 2.12. The van der Waals surface area contributed by atoms with Crippen molar-refractivity contribution in [1.82, 2.24) is 0 Å². The third kappa shape index (κ3) is 2.79. The molecule has 1 aliphatic heterocycles. The number of carboxylic acids is 1. The lowest BCUT2D eigenvalue weighted by Gasteiger charge is -2.32. The van der Waals surface area contributed by atoms with Crippen molar-refractivity contribution in [1.29, 1.82) is 0 Å². The van der Waals surface area contributed by atoms with E-state index in [-0.39, 0.29) is 11.9 Å². The van der Waals surface area contributed by atoms with Gasteiger partial charge >= 0.3 is 5.97 Å². The van der Waals surface area contributed by atoms with E-state index < -0.39 is 5.97 Å². The Morgan fingerprint density at radius 1 is 1.65 bits per heavy atom. The molecule has 0 aromatic carbocycles. The minimum atomic E-state index is -1.03. The summed E-state index contributed by atoms with van der Waals surface area (Å²) in [7, 11) is 0. The average molecular weight is 239 g/mol. The van der Waals surface area contributed by atoms with Gasteiger partial charge in [-0.1, -0.05) is 0 Å². The largest absolute Gasteiger partial charge is 0.475 e. The van der Waals surface area contributed by atoms with Crippen LogP contribution in [-0.2, 0) is 4.74 Å². The lowest BCUT2D eigenvalue weighted by molar-refractivity contribution is 0.0517. The standard InChI is InChI=1S/C12H17NO4/c1-2-16-9-4-3-7-13(8-9)11-6-5-10(17-11)12(14)15/h5-6,9H,2-4,7-8H2,1H3,(H,14,15). The van der Waals surface area contributed by atoms with E-state index in [1.807, 2.05) is 11.8 Å². The van der Waals surface area contributed by atoms with Crippen molar-refractivity contribution in [2.45, 2.75) is 25.9 Å². The van der Waals surface area contributed by atoms with Gasteiger partial charge in [-0.05, 0) is 25.8 Å². The molecule has 1 aromatic rings. The Balaban J connectivity index is 2.02. The van der Waals surface area contributed by atoms with Crippen molar-refractivity contribution >= 4 is 11.9 Å². The highest BCUT2D eigenvalue weighted by Gasteiger charge is 2.23. The van der Waals surface area contributed by atoms with Gasteiger partial charge < -0.3 is 19.2 Å². The molecule has 1 aliphatic rings. The predicted octanol–water partition coefficient (Wildman–Crippen LogP) is 1.98. The van der Waals surface area contributed by atoms with E-state index in [4.69, 9.17) is 14.3 Å². The van der Waals surface area contributed by atoms with Gasteiger partial charge in [-0.2, -0.15) is 0 Å². The lowest BCUT2D eigenvalue weighted by Crippen LogP contribution is -2.39. The van der Waals surface area contributed by atoms with Gasteiger partial charge in [-0.25, -0.2) is 4.79 Å². The number of hydrogen-bond acceptors (Lipinski definition) is 4. The molecule has 5 heteroatoms. The maximum Gasteiger partial charge on any atom is 0.371 e. The van der Waals surface area contributed by atoms with Crippen LogP contribution in [0.4, 0.5) is 5.88 Å². The second-order valence-corrected chi connectivity index (χ2v) is 4.11. The lowest BCUT2D eigenvalue weighted by atomic mass is 10.1. The number of carbonyl (C=O) groups is 1. The molecule has 1 unspecified atom stereocenters. The fourth-order valence-corrected chi connectivity index (χ4v) is 2.12. The monoisotopic (exact) mass is 239 g/mol. The van der Waals surface area contributed by atoms with E-state index in [0.717, 1.165) is 25.9 Å². The summed E-state index contributed by atoms with van der Waals surface area (Å²) in [6, 6.07) is 3.19. The average Bonchev–Trinajstić information content (AvgIpc) is 2.79. The van der Waals surface area contributed by atoms with Crippen molar-refractivity contribution in [2.24, 2.45) is 0 Å². The molecule has 1 N–H and O–H groups in total. The maximum absolute atomic E-state index is 10.7. The third-order valence-corrected chi connectivity index (χ3v) is 2.89. The number of ether oxygens (including phenoxy) is 1. The number of carboxylic acid groups (broad SMARTS) is 1. The normalized spacial score (nSPS) is 20.5. The SMILES string of the molecule is CCOC1CCCN(c2ccc(C(=O)O)o2)C1.